The molecule has 2 N–H and O–H groups in total. The highest BCUT2D eigenvalue weighted by Gasteiger charge is 2.33. The summed E-state index contributed by atoms with van der Waals surface area (Å²) >= 11 is 0. The second kappa shape index (κ2) is 5.71. The van der Waals surface area contributed by atoms with Gasteiger partial charge >= 0.3 is 0 Å². The molecule has 1 heterocycles. The van der Waals surface area contributed by atoms with Crippen molar-refractivity contribution in [1.82, 2.24) is 4.31 Å². The number of hydrogen-bond acceptors (Lipinski definition) is 3. The van der Waals surface area contributed by atoms with Crippen LogP contribution in [0.4, 0.5) is 13.2 Å². The number of sulfonamides is 1. The van der Waals surface area contributed by atoms with E-state index in [1.165, 1.54) is 0 Å². The molecule has 1 fully saturated rings. The van der Waals surface area contributed by atoms with E-state index in [1.54, 1.807) is 0 Å². The molecule has 1 unspecified atom stereocenters. The Hall–Kier alpha value is -1.12. The Kier molecular flexibility index (Phi) is 4.36. The van der Waals surface area contributed by atoms with E-state index in [-0.39, 0.29) is 19.0 Å². The Morgan fingerprint density at radius 3 is 2.60 bits per heavy atom. The fraction of sp³-hybridized carbons (Fsp3) is 0.500. The first-order valence-corrected chi connectivity index (χ1v) is 7.65. The molecule has 0 bridgehead atoms. The van der Waals surface area contributed by atoms with Gasteiger partial charge in [0.2, 0.25) is 10.0 Å². The summed E-state index contributed by atoms with van der Waals surface area (Å²) in [6.45, 7) is 0.709. The van der Waals surface area contributed by atoms with E-state index in [2.05, 4.69) is 0 Å². The van der Waals surface area contributed by atoms with Gasteiger partial charge in [-0.3, -0.25) is 0 Å². The van der Waals surface area contributed by atoms with Crippen molar-refractivity contribution in [3.8, 4) is 0 Å². The molecular formula is C12H15F3N2O2S. The number of hydrogen-bond donors (Lipinski definition) is 1. The molecule has 1 aliphatic heterocycles. The Labute approximate surface area is 115 Å². The average Bonchev–Trinajstić information content (AvgIpc) is 2.44. The molecule has 0 radical (unpaired) electrons. The van der Waals surface area contributed by atoms with Crippen molar-refractivity contribution in [2.75, 3.05) is 19.6 Å². The van der Waals surface area contributed by atoms with Gasteiger partial charge in [-0.1, -0.05) is 0 Å². The van der Waals surface area contributed by atoms with Gasteiger partial charge in [-0.15, -0.1) is 0 Å². The van der Waals surface area contributed by atoms with Crippen molar-refractivity contribution in [3.05, 3.63) is 29.6 Å². The third-order valence-electron chi connectivity index (χ3n) is 3.43. The van der Waals surface area contributed by atoms with Crippen LogP contribution in [0, 0.1) is 23.4 Å². The van der Waals surface area contributed by atoms with Crippen LogP contribution < -0.4 is 5.73 Å². The van der Waals surface area contributed by atoms with Crippen LogP contribution in [0.5, 0.6) is 0 Å². The van der Waals surface area contributed by atoms with Crippen LogP contribution in [0.1, 0.15) is 12.8 Å². The molecule has 2 rings (SSSR count). The van der Waals surface area contributed by atoms with Crippen molar-refractivity contribution >= 4 is 10.0 Å². The van der Waals surface area contributed by atoms with Crippen molar-refractivity contribution in [1.29, 1.82) is 0 Å². The quantitative estimate of drug-likeness (QED) is 0.860. The zero-order valence-electron chi connectivity index (χ0n) is 10.7. The van der Waals surface area contributed by atoms with Gasteiger partial charge in [-0.25, -0.2) is 21.6 Å². The van der Waals surface area contributed by atoms with E-state index in [0.717, 1.165) is 16.8 Å². The third kappa shape index (κ3) is 2.68. The summed E-state index contributed by atoms with van der Waals surface area (Å²) in [4.78, 5) is -0.839. The number of nitrogens with zero attached hydrogens (tertiary/aromatic N) is 1. The summed E-state index contributed by atoms with van der Waals surface area (Å²) in [5, 5.41) is 0. The molecule has 20 heavy (non-hydrogen) atoms. The highest BCUT2D eigenvalue weighted by Crippen LogP contribution is 2.26. The zero-order valence-corrected chi connectivity index (χ0v) is 11.5. The number of rotatable bonds is 3. The van der Waals surface area contributed by atoms with Crippen LogP contribution in [0.3, 0.4) is 0 Å². The summed E-state index contributed by atoms with van der Waals surface area (Å²) in [7, 11) is -4.18. The van der Waals surface area contributed by atoms with Gasteiger partial charge in [-0.2, -0.15) is 4.31 Å². The fourth-order valence-electron chi connectivity index (χ4n) is 2.28. The van der Waals surface area contributed by atoms with Gasteiger partial charge in [0, 0.05) is 13.1 Å². The van der Waals surface area contributed by atoms with Gasteiger partial charge < -0.3 is 5.73 Å². The van der Waals surface area contributed by atoms with Crippen LogP contribution in [-0.2, 0) is 10.0 Å². The van der Waals surface area contributed by atoms with E-state index in [0.29, 0.717) is 19.0 Å². The van der Waals surface area contributed by atoms with E-state index < -0.39 is 32.4 Å². The van der Waals surface area contributed by atoms with Crippen LogP contribution >= 0.6 is 0 Å². The summed E-state index contributed by atoms with van der Waals surface area (Å²) in [6.07, 6.45) is 1.40. The standard InChI is InChI=1S/C12H15F3N2O2S/c13-9-3-4-10(12(15)11(9)14)20(18,19)17-5-1-2-8(6-16)7-17/h3-4,8H,1-2,5-7,16H2. The van der Waals surface area contributed by atoms with Crippen molar-refractivity contribution < 1.29 is 21.6 Å². The molecule has 112 valence electrons. The maximum atomic E-state index is 13.6. The first kappa shape index (κ1) is 15.3. The van der Waals surface area contributed by atoms with Crippen molar-refractivity contribution in [2.24, 2.45) is 11.7 Å². The monoisotopic (exact) mass is 308 g/mol. The number of halogens is 3. The molecule has 0 aliphatic carbocycles. The molecule has 1 aromatic carbocycles. The molecule has 0 spiro atoms. The highest BCUT2D eigenvalue weighted by atomic mass is 32.2. The van der Waals surface area contributed by atoms with Crippen LogP contribution in [0.15, 0.2) is 17.0 Å². The van der Waals surface area contributed by atoms with Crippen LogP contribution in [0.2, 0.25) is 0 Å². The molecule has 1 aromatic rings. The van der Waals surface area contributed by atoms with Gasteiger partial charge in [0.25, 0.3) is 0 Å². The second-order valence-corrected chi connectivity index (χ2v) is 6.69. The second-order valence-electron chi connectivity index (χ2n) is 4.78. The summed E-state index contributed by atoms with van der Waals surface area (Å²) < 4.78 is 65.3. The predicted octanol–water partition coefficient (Wildman–Crippen LogP) is 1.46. The van der Waals surface area contributed by atoms with Gasteiger partial charge in [0.1, 0.15) is 4.90 Å². The van der Waals surface area contributed by atoms with E-state index in [1.807, 2.05) is 0 Å². The lowest BCUT2D eigenvalue weighted by Crippen LogP contribution is -2.42. The largest absolute Gasteiger partial charge is 0.330 e. The first-order valence-electron chi connectivity index (χ1n) is 6.21. The van der Waals surface area contributed by atoms with Crippen LogP contribution in [-0.4, -0.2) is 32.4 Å². The van der Waals surface area contributed by atoms with Gasteiger partial charge in [0.15, 0.2) is 17.5 Å². The van der Waals surface area contributed by atoms with E-state index in [4.69, 9.17) is 5.73 Å². The topological polar surface area (TPSA) is 63.4 Å². The van der Waals surface area contributed by atoms with E-state index in [9.17, 15) is 21.6 Å². The maximum absolute atomic E-state index is 13.6. The Balaban J connectivity index is 2.38. The lowest BCUT2D eigenvalue weighted by atomic mass is 10.0. The number of benzene rings is 1. The van der Waals surface area contributed by atoms with Crippen molar-refractivity contribution in [3.63, 3.8) is 0 Å². The SMILES string of the molecule is NCC1CCCN(S(=O)(=O)c2ccc(F)c(F)c2F)C1. The Morgan fingerprint density at radius 1 is 1.25 bits per heavy atom. The maximum Gasteiger partial charge on any atom is 0.246 e. The van der Waals surface area contributed by atoms with Crippen LogP contribution in [0.25, 0.3) is 0 Å². The van der Waals surface area contributed by atoms with E-state index >= 15 is 0 Å². The minimum absolute atomic E-state index is 0.00752. The smallest absolute Gasteiger partial charge is 0.246 e. The van der Waals surface area contributed by atoms with Gasteiger partial charge in [0.05, 0.1) is 0 Å². The molecule has 0 amide bonds. The molecule has 1 aliphatic rings. The zero-order chi connectivity index (χ0) is 14.9. The summed E-state index contributed by atoms with van der Waals surface area (Å²) in [6, 6.07) is 1.35. The molecule has 1 atom stereocenters. The average molecular weight is 308 g/mol. The fourth-order valence-corrected chi connectivity index (χ4v) is 3.89. The predicted molar refractivity (Wildman–Crippen MR) is 66.9 cm³/mol. The number of piperidine rings is 1. The van der Waals surface area contributed by atoms with Gasteiger partial charge in [-0.05, 0) is 37.4 Å². The minimum atomic E-state index is -4.18. The number of nitrogens with two attached hydrogens (primary N) is 1. The molecule has 8 heteroatoms. The first-order chi connectivity index (χ1) is 9.37. The Morgan fingerprint density at radius 2 is 1.95 bits per heavy atom. The lowest BCUT2D eigenvalue weighted by molar-refractivity contribution is 0.270. The minimum Gasteiger partial charge on any atom is -0.330 e. The molecule has 0 saturated carbocycles. The lowest BCUT2D eigenvalue weighted by Gasteiger charge is -2.31. The highest BCUT2D eigenvalue weighted by molar-refractivity contribution is 7.89. The molecule has 4 nitrogen and oxygen atoms in total. The molecular weight excluding hydrogens is 293 g/mol. The normalized spacial score (nSPS) is 21.1. The third-order valence-corrected chi connectivity index (χ3v) is 5.32. The Bertz CT molecular complexity index is 607. The molecule has 0 aromatic heterocycles. The van der Waals surface area contributed by atoms with Crippen molar-refractivity contribution in [2.45, 2.75) is 17.7 Å². The molecule has 1 saturated heterocycles. The summed E-state index contributed by atoms with van der Waals surface area (Å²) in [5.41, 5.74) is 5.52. The summed E-state index contributed by atoms with van der Waals surface area (Å²) in [5.74, 6) is -4.88.